The first-order valence-electron chi connectivity index (χ1n) is 7.16. The van der Waals surface area contributed by atoms with E-state index in [1.807, 2.05) is 24.3 Å². The molecule has 0 aliphatic rings. The Balaban J connectivity index is 2.26. The predicted octanol–water partition coefficient (Wildman–Crippen LogP) is 4.05. The predicted molar refractivity (Wildman–Crippen MR) is 76.7 cm³/mol. The maximum absolute atomic E-state index is 10.7. The molecule has 3 nitrogen and oxygen atoms in total. The van der Waals surface area contributed by atoms with Crippen LogP contribution in [0.25, 0.3) is 0 Å². The standard InChI is InChI=1S/C16H24O3/c1-2-3-4-5-6-9-12-19-15-11-8-7-10-14(15)13-16(17)18/h7-8,10-11H,2-6,9,12-13H2,1H3,(H,17,18). The average Bonchev–Trinajstić information content (AvgIpc) is 2.39. The summed E-state index contributed by atoms with van der Waals surface area (Å²) in [5, 5.41) is 8.83. The lowest BCUT2D eigenvalue weighted by Crippen LogP contribution is -2.04. The van der Waals surface area contributed by atoms with Gasteiger partial charge in [0.1, 0.15) is 5.75 Å². The number of hydrogen-bond acceptors (Lipinski definition) is 2. The Morgan fingerprint density at radius 3 is 2.53 bits per heavy atom. The molecule has 0 aliphatic heterocycles. The van der Waals surface area contributed by atoms with Gasteiger partial charge in [-0.3, -0.25) is 4.79 Å². The number of unbranched alkanes of at least 4 members (excludes halogenated alkanes) is 5. The van der Waals surface area contributed by atoms with E-state index in [9.17, 15) is 4.79 Å². The molecule has 0 saturated heterocycles. The fourth-order valence-electron chi connectivity index (χ4n) is 2.02. The monoisotopic (exact) mass is 264 g/mol. The van der Waals surface area contributed by atoms with E-state index in [-0.39, 0.29) is 6.42 Å². The van der Waals surface area contributed by atoms with E-state index in [4.69, 9.17) is 9.84 Å². The molecule has 0 bridgehead atoms. The van der Waals surface area contributed by atoms with Crippen molar-refractivity contribution < 1.29 is 14.6 Å². The highest BCUT2D eigenvalue weighted by molar-refractivity contribution is 5.71. The topological polar surface area (TPSA) is 46.5 Å². The molecule has 0 aliphatic carbocycles. The summed E-state index contributed by atoms with van der Waals surface area (Å²) in [6.45, 7) is 2.88. The van der Waals surface area contributed by atoms with Gasteiger partial charge in [0, 0.05) is 5.56 Å². The molecule has 0 aromatic heterocycles. The van der Waals surface area contributed by atoms with Crippen LogP contribution in [0.1, 0.15) is 51.0 Å². The van der Waals surface area contributed by atoms with Gasteiger partial charge in [0.15, 0.2) is 0 Å². The van der Waals surface area contributed by atoms with Gasteiger partial charge in [0.2, 0.25) is 0 Å². The molecule has 1 N–H and O–H groups in total. The highest BCUT2D eigenvalue weighted by Gasteiger charge is 2.06. The molecule has 106 valence electrons. The van der Waals surface area contributed by atoms with Gasteiger partial charge in [0.25, 0.3) is 0 Å². The van der Waals surface area contributed by atoms with Gasteiger partial charge in [-0.2, -0.15) is 0 Å². The molecule has 0 atom stereocenters. The summed E-state index contributed by atoms with van der Waals surface area (Å²) in [6.07, 6.45) is 7.36. The minimum Gasteiger partial charge on any atom is -0.493 e. The summed E-state index contributed by atoms with van der Waals surface area (Å²) in [7, 11) is 0. The Hall–Kier alpha value is -1.51. The van der Waals surface area contributed by atoms with Gasteiger partial charge in [-0.15, -0.1) is 0 Å². The third-order valence-electron chi connectivity index (χ3n) is 3.07. The van der Waals surface area contributed by atoms with Crippen LogP contribution in [-0.4, -0.2) is 17.7 Å². The fraction of sp³-hybridized carbons (Fsp3) is 0.562. The van der Waals surface area contributed by atoms with Crippen LogP contribution in [0.4, 0.5) is 0 Å². The zero-order valence-electron chi connectivity index (χ0n) is 11.7. The Morgan fingerprint density at radius 1 is 1.11 bits per heavy atom. The molecule has 1 rings (SSSR count). The Kier molecular flexibility index (Phi) is 7.71. The molecule has 0 fully saturated rings. The third-order valence-corrected chi connectivity index (χ3v) is 3.07. The lowest BCUT2D eigenvalue weighted by Gasteiger charge is -2.10. The van der Waals surface area contributed by atoms with Gasteiger partial charge in [-0.25, -0.2) is 0 Å². The molecule has 0 saturated carbocycles. The van der Waals surface area contributed by atoms with Crippen LogP contribution in [-0.2, 0) is 11.2 Å². The second kappa shape index (κ2) is 9.42. The molecular weight excluding hydrogens is 240 g/mol. The summed E-state index contributed by atoms with van der Waals surface area (Å²) < 4.78 is 5.68. The Labute approximate surface area is 115 Å². The molecule has 0 heterocycles. The number of carboxylic acids is 1. The lowest BCUT2D eigenvalue weighted by molar-refractivity contribution is -0.136. The SMILES string of the molecule is CCCCCCCCOc1ccccc1CC(=O)O. The normalized spacial score (nSPS) is 10.4. The molecule has 0 spiro atoms. The smallest absolute Gasteiger partial charge is 0.307 e. The average molecular weight is 264 g/mol. The highest BCUT2D eigenvalue weighted by atomic mass is 16.5. The Bertz CT molecular complexity index is 374. The lowest BCUT2D eigenvalue weighted by atomic mass is 10.1. The molecule has 3 heteroatoms. The van der Waals surface area contributed by atoms with Crippen LogP contribution in [0.15, 0.2) is 24.3 Å². The summed E-state index contributed by atoms with van der Waals surface area (Å²) in [6, 6.07) is 7.37. The minimum atomic E-state index is -0.824. The van der Waals surface area contributed by atoms with Gasteiger partial charge in [-0.1, -0.05) is 57.2 Å². The van der Waals surface area contributed by atoms with Crippen molar-refractivity contribution in [2.75, 3.05) is 6.61 Å². The maximum atomic E-state index is 10.7. The molecule has 19 heavy (non-hydrogen) atoms. The van der Waals surface area contributed by atoms with Gasteiger partial charge >= 0.3 is 5.97 Å². The first kappa shape index (κ1) is 15.5. The van der Waals surface area contributed by atoms with E-state index in [1.54, 1.807) is 0 Å². The second-order valence-electron chi connectivity index (χ2n) is 4.79. The number of aliphatic carboxylic acids is 1. The van der Waals surface area contributed by atoms with Gasteiger partial charge in [-0.05, 0) is 12.5 Å². The number of hydrogen-bond donors (Lipinski definition) is 1. The quantitative estimate of drug-likeness (QED) is 0.648. The Morgan fingerprint density at radius 2 is 1.79 bits per heavy atom. The van der Waals surface area contributed by atoms with E-state index in [1.165, 1.54) is 32.1 Å². The number of carboxylic acid groups (broad SMARTS) is 1. The van der Waals surface area contributed by atoms with Crippen LogP contribution in [0.2, 0.25) is 0 Å². The van der Waals surface area contributed by atoms with Crippen molar-refractivity contribution in [1.82, 2.24) is 0 Å². The molecule has 1 aromatic rings. The largest absolute Gasteiger partial charge is 0.493 e. The summed E-state index contributed by atoms with van der Waals surface area (Å²) >= 11 is 0. The number of rotatable bonds is 10. The summed E-state index contributed by atoms with van der Waals surface area (Å²) in [4.78, 5) is 10.7. The van der Waals surface area contributed by atoms with Crippen LogP contribution in [0.3, 0.4) is 0 Å². The molecule has 0 amide bonds. The third kappa shape index (κ3) is 6.85. The minimum absolute atomic E-state index is 0.0205. The van der Waals surface area contributed by atoms with Crippen molar-refractivity contribution in [2.24, 2.45) is 0 Å². The van der Waals surface area contributed by atoms with Crippen LogP contribution in [0.5, 0.6) is 5.75 Å². The van der Waals surface area contributed by atoms with E-state index in [2.05, 4.69) is 6.92 Å². The first-order chi connectivity index (χ1) is 9.24. The van der Waals surface area contributed by atoms with Crippen molar-refractivity contribution in [2.45, 2.75) is 51.9 Å². The van der Waals surface area contributed by atoms with Gasteiger partial charge in [0.05, 0.1) is 13.0 Å². The van der Waals surface area contributed by atoms with Crippen molar-refractivity contribution in [3.05, 3.63) is 29.8 Å². The van der Waals surface area contributed by atoms with Crippen molar-refractivity contribution in [3.63, 3.8) is 0 Å². The van der Waals surface area contributed by atoms with Crippen LogP contribution < -0.4 is 4.74 Å². The van der Waals surface area contributed by atoms with Crippen molar-refractivity contribution in [3.8, 4) is 5.75 Å². The van der Waals surface area contributed by atoms with E-state index < -0.39 is 5.97 Å². The summed E-state index contributed by atoms with van der Waals surface area (Å²) in [5.41, 5.74) is 0.751. The van der Waals surface area contributed by atoms with E-state index in [0.717, 1.165) is 12.0 Å². The van der Waals surface area contributed by atoms with Gasteiger partial charge < -0.3 is 9.84 Å². The van der Waals surface area contributed by atoms with E-state index >= 15 is 0 Å². The summed E-state index contributed by atoms with van der Waals surface area (Å²) in [5.74, 6) is -0.117. The number of para-hydroxylation sites is 1. The maximum Gasteiger partial charge on any atom is 0.307 e. The number of ether oxygens (including phenoxy) is 1. The highest BCUT2D eigenvalue weighted by Crippen LogP contribution is 2.19. The molecular formula is C16H24O3. The van der Waals surface area contributed by atoms with Crippen molar-refractivity contribution in [1.29, 1.82) is 0 Å². The van der Waals surface area contributed by atoms with Crippen LogP contribution in [0, 0.1) is 0 Å². The number of carbonyl (C=O) groups is 1. The second-order valence-corrected chi connectivity index (χ2v) is 4.79. The van der Waals surface area contributed by atoms with E-state index in [0.29, 0.717) is 12.4 Å². The molecule has 0 radical (unpaired) electrons. The fourth-order valence-corrected chi connectivity index (χ4v) is 2.02. The number of benzene rings is 1. The molecule has 1 aromatic carbocycles. The van der Waals surface area contributed by atoms with Crippen molar-refractivity contribution >= 4 is 5.97 Å². The van der Waals surface area contributed by atoms with Crippen LogP contribution >= 0.6 is 0 Å². The first-order valence-corrected chi connectivity index (χ1v) is 7.16. The zero-order chi connectivity index (χ0) is 13.9. The zero-order valence-corrected chi connectivity index (χ0v) is 11.7. The molecule has 0 unspecified atom stereocenters.